The fourth-order valence-corrected chi connectivity index (χ4v) is 1.98. The number of aliphatic hydroxyl groups excluding tert-OH is 1. The summed E-state index contributed by atoms with van der Waals surface area (Å²) in [7, 11) is 0. The molecule has 1 aromatic carbocycles. The van der Waals surface area contributed by atoms with E-state index in [4.69, 9.17) is 5.11 Å². The highest BCUT2D eigenvalue weighted by atomic mass is 16.6. The number of nitro benzene ring substituents is 1. The van der Waals surface area contributed by atoms with Crippen LogP contribution in [-0.4, -0.2) is 29.0 Å². The number of carbonyl (C=O) groups excluding carboxylic acids is 1. The first-order valence-electron chi connectivity index (χ1n) is 6.63. The number of carbonyl (C=O) groups is 1. The zero-order valence-corrected chi connectivity index (χ0v) is 11.8. The number of non-ortho nitro benzene ring substituents is 1. The van der Waals surface area contributed by atoms with Gasteiger partial charge in [0.25, 0.3) is 5.69 Å². The molecule has 0 aliphatic rings. The Hall–Kier alpha value is -1.95. The number of anilines is 1. The number of ketones is 1. The molecule has 0 radical (unpaired) electrons. The van der Waals surface area contributed by atoms with Gasteiger partial charge in [0, 0.05) is 36.5 Å². The Morgan fingerprint density at radius 1 is 1.50 bits per heavy atom. The van der Waals surface area contributed by atoms with Gasteiger partial charge in [-0.25, -0.2) is 0 Å². The average molecular weight is 280 g/mol. The second-order valence-electron chi connectivity index (χ2n) is 4.71. The molecule has 1 atom stereocenters. The molecule has 1 aromatic rings. The van der Waals surface area contributed by atoms with Crippen molar-refractivity contribution in [2.45, 2.75) is 26.7 Å². The summed E-state index contributed by atoms with van der Waals surface area (Å²) in [6.07, 6.45) is 1.60. The first-order chi connectivity index (χ1) is 9.49. The van der Waals surface area contributed by atoms with Crippen LogP contribution in [-0.2, 0) is 0 Å². The molecule has 0 bridgehead atoms. The molecule has 2 N–H and O–H groups in total. The minimum absolute atomic E-state index is 0.0943. The maximum atomic E-state index is 11.6. The van der Waals surface area contributed by atoms with Crippen LogP contribution in [0.5, 0.6) is 0 Å². The molecule has 0 saturated carbocycles. The van der Waals surface area contributed by atoms with Crippen molar-refractivity contribution in [1.82, 2.24) is 0 Å². The minimum Gasteiger partial charge on any atom is -0.396 e. The molecule has 6 heteroatoms. The Labute approximate surface area is 118 Å². The second-order valence-corrected chi connectivity index (χ2v) is 4.71. The quantitative estimate of drug-likeness (QED) is 0.434. The summed E-state index contributed by atoms with van der Waals surface area (Å²) in [5.41, 5.74) is 0.820. The van der Waals surface area contributed by atoms with Crippen molar-refractivity contribution in [2.24, 2.45) is 5.92 Å². The highest BCUT2D eigenvalue weighted by Crippen LogP contribution is 2.23. The van der Waals surface area contributed by atoms with Gasteiger partial charge in [-0.3, -0.25) is 14.9 Å². The van der Waals surface area contributed by atoms with Crippen LogP contribution >= 0.6 is 0 Å². The van der Waals surface area contributed by atoms with Crippen molar-refractivity contribution in [3.05, 3.63) is 33.9 Å². The predicted octanol–water partition coefficient (Wildman–Crippen LogP) is 2.62. The minimum atomic E-state index is -0.517. The lowest BCUT2D eigenvalue weighted by Gasteiger charge is -2.16. The molecule has 20 heavy (non-hydrogen) atoms. The van der Waals surface area contributed by atoms with E-state index >= 15 is 0 Å². The summed E-state index contributed by atoms with van der Waals surface area (Å²) in [5.74, 6) is 0.0846. The highest BCUT2D eigenvalue weighted by molar-refractivity contribution is 6.00. The summed E-state index contributed by atoms with van der Waals surface area (Å²) in [6, 6.07) is 4.22. The normalized spacial score (nSPS) is 11.9. The summed E-state index contributed by atoms with van der Waals surface area (Å²) in [5, 5.41) is 22.8. The number of hydrogen-bond donors (Lipinski definition) is 2. The van der Waals surface area contributed by atoms with Gasteiger partial charge in [0.2, 0.25) is 0 Å². The van der Waals surface area contributed by atoms with E-state index in [0.717, 1.165) is 6.42 Å². The van der Waals surface area contributed by atoms with Gasteiger partial charge in [-0.2, -0.15) is 0 Å². The van der Waals surface area contributed by atoms with Gasteiger partial charge >= 0.3 is 0 Å². The molecule has 1 rings (SSSR count). The van der Waals surface area contributed by atoms with E-state index in [-0.39, 0.29) is 18.1 Å². The van der Waals surface area contributed by atoms with Gasteiger partial charge in [0.15, 0.2) is 5.78 Å². The molecule has 0 aromatic heterocycles. The fraction of sp³-hybridized carbons (Fsp3) is 0.500. The topological polar surface area (TPSA) is 92.5 Å². The van der Waals surface area contributed by atoms with Crippen LogP contribution in [0, 0.1) is 16.0 Å². The molecule has 110 valence electrons. The molecule has 0 aliphatic carbocycles. The van der Waals surface area contributed by atoms with Crippen LogP contribution in [0.15, 0.2) is 18.2 Å². The van der Waals surface area contributed by atoms with Gasteiger partial charge in [0.05, 0.1) is 4.92 Å². The number of Topliss-reactive ketones (excluding diaryl/α,β-unsaturated/α-hetero) is 1. The summed E-state index contributed by atoms with van der Waals surface area (Å²) in [4.78, 5) is 21.8. The van der Waals surface area contributed by atoms with Crippen molar-refractivity contribution >= 4 is 17.2 Å². The SMILES string of the molecule is CCC(CCO)CNc1ccc([N+](=O)[O-])cc1C(C)=O. The average Bonchev–Trinajstić information content (AvgIpc) is 2.42. The molecular weight excluding hydrogens is 260 g/mol. The number of rotatable bonds is 8. The third-order valence-corrected chi connectivity index (χ3v) is 3.29. The van der Waals surface area contributed by atoms with E-state index in [1.54, 1.807) is 6.07 Å². The molecule has 0 aliphatic heterocycles. The van der Waals surface area contributed by atoms with Gasteiger partial charge in [-0.05, 0) is 25.3 Å². The van der Waals surface area contributed by atoms with Crippen LogP contribution in [0.25, 0.3) is 0 Å². The summed E-state index contributed by atoms with van der Waals surface area (Å²) < 4.78 is 0. The molecule has 6 nitrogen and oxygen atoms in total. The van der Waals surface area contributed by atoms with Gasteiger partial charge in [-0.15, -0.1) is 0 Å². The van der Waals surface area contributed by atoms with Crippen molar-refractivity contribution in [1.29, 1.82) is 0 Å². The Morgan fingerprint density at radius 3 is 2.70 bits per heavy atom. The van der Waals surface area contributed by atoms with Crippen molar-refractivity contribution in [3.8, 4) is 0 Å². The number of nitro groups is 1. The standard InChI is InChI=1S/C14H20N2O4/c1-3-11(6-7-17)9-15-14-5-4-12(16(19)20)8-13(14)10(2)18/h4-5,8,11,15,17H,3,6-7,9H2,1-2H3. The predicted molar refractivity (Wildman–Crippen MR) is 77.1 cm³/mol. The largest absolute Gasteiger partial charge is 0.396 e. The number of benzene rings is 1. The third kappa shape index (κ3) is 4.31. The maximum Gasteiger partial charge on any atom is 0.270 e. The molecule has 0 fully saturated rings. The van der Waals surface area contributed by atoms with Crippen molar-refractivity contribution in [3.63, 3.8) is 0 Å². The first kappa shape index (κ1) is 16.1. The van der Waals surface area contributed by atoms with Gasteiger partial charge < -0.3 is 10.4 Å². The fourth-order valence-electron chi connectivity index (χ4n) is 1.98. The third-order valence-electron chi connectivity index (χ3n) is 3.29. The van der Waals surface area contributed by atoms with E-state index in [9.17, 15) is 14.9 Å². The lowest BCUT2D eigenvalue weighted by Crippen LogP contribution is -2.16. The highest BCUT2D eigenvalue weighted by Gasteiger charge is 2.14. The number of aliphatic hydroxyl groups is 1. The monoisotopic (exact) mass is 280 g/mol. The lowest BCUT2D eigenvalue weighted by atomic mass is 10.0. The van der Waals surface area contributed by atoms with Crippen LogP contribution in [0.4, 0.5) is 11.4 Å². The zero-order chi connectivity index (χ0) is 15.1. The number of hydrogen-bond acceptors (Lipinski definition) is 5. The van der Waals surface area contributed by atoms with Crippen LogP contribution in [0.2, 0.25) is 0 Å². The molecule has 0 heterocycles. The van der Waals surface area contributed by atoms with Crippen molar-refractivity contribution < 1.29 is 14.8 Å². The van der Waals surface area contributed by atoms with E-state index in [0.29, 0.717) is 30.1 Å². The van der Waals surface area contributed by atoms with Crippen LogP contribution in [0.3, 0.4) is 0 Å². The van der Waals surface area contributed by atoms with E-state index < -0.39 is 4.92 Å². The van der Waals surface area contributed by atoms with Crippen LogP contribution in [0.1, 0.15) is 37.0 Å². The van der Waals surface area contributed by atoms with E-state index in [2.05, 4.69) is 5.32 Å². The first-order valence-corrected chi connectivity index (χ1v) is 6.63. The zero-order valence-electron chi connectivity index (χ0n) is 11.8. The number of nitrogens with zero attached hydrogens (tertiary/aromatic N) is 1. The number of nitrogens with one attached hydrogen (secondary N) is 1. The van der Waals surface area contributed by atoms with E-state index in [1.807, 2.05) is 6.92 Å². The Bertz CT molecular complexity index is 488. The lowest BCUT2D eigenvalue weighted by molar-refractivity contribution is -0.384. The smallest absolute Gasteiger partial charge is 0.270 e. The molecule has 0 amide bonds. The Kier molecular flexibility index (Phi) is 6.11. The molecular formula is C14H20N2O4. The van der Waals surface area contributed by atoms with Crippen molar-refractivity contribution in [2.75, 3.05) is 18.5 Å². The Morgan fingerprint density at radius 2 is 2.20 bits per heavy atom. The summed E-state index contributed by atoms with van der Waals surface area (Å²) in [6.45, 7) is 4.16. The molecule has 1 unspecified atom stereocenters. The molecule has 0 spiro atoms. The van der Waals surface area contributed by atoms with Gasteiger partial charge in [-0.1, -0.05) is 13.3 Å². The maximum absolute atomic E-state index is 11.6. The second kappa shape index (κ2) is 7.59. The van der Waals surface area contributed by atoms with E-state index in [1.165, 1.54) is 19.1 Å². The Balaban J connectivity index is 2.89. The summed E-state index contributed by atoms with van der Waals surface area (Å²) >= 11 is 0. The molecule has 0 saturated heterocycles. The van der Waals surface area contributed by atoms with Gasteiger partial charge in [0.1, 0.15) is 0 Å². The van der Waals surface area contributed by atoms with Crippen LogP contribution < -0.4 is 5.32 Å².